The average molecular weight is 366 g/mol. The molecule has 0 aliphatic carbocycles. The lowest BCUT2D eigenvalue weighted by molar-refractivity contribution is 0.599. The molecule has 0 saturated carbocycles. The molecule has 2 aromatic heterocycles. The number of aromatic nitrogens is 2. The number of rotatable bonds is 6. The summed E-state index contributed by atoms with van der Waals surface area (Å²) < 4.78 is 22.4. The van der Waals surface area contributed by atoms with Gasteiger partial charge in [-0.3, -0.25) is 0 Å². The number of nitrogens with zero attached hydrogens (tertiary/aromatic N) is 2. The van der Waals surface area contributed by atoms with Gasteiger partial charge in [-0.05, 0) is 0 Å². The van der Waals surface area contributed by atoms with Crippen molar-refractivity contribution in [1.82, 2.24) is 9.97 Å². The second-order valence-electron chi connectivity index (χ2n) is 4.72. The van der Waals surface area contributed by atoms with E-state index in [1.165, 1.54) is 6.20 Å². The normalized spacial score (nSPS) is 11.5. The molecular weight excluding hydrogens is 352 g/mol. The molecule has 0 saturated heterocycles. The third-order valence-electron chi connectivity index (χ3n) is 2.99. The van der Waals surface area contributed by atoms with Crippen LogP contribution in [0.15, 0.2) is 46.1 Å². The monoisotopic (exact) mass is 366 g/mol. The van der Waals surface area contributed by atoms with Gasteiger partial charge < -0.3 is 5.32 Å². The second kappa shape index (κ2) is 6.75. The number of thiazole rings is 2. The van der Waals surface area contributed by atoms with Crippen molar-refractivity contribution in [1.29, 1.82) is 0 Å². The van der Waals surface area contributed by atoms with Crippen molar-refractivity contribution in [2.45, 2.75) is 10.6 Å². The van der Waals surface area contributed by atoms with Crippen LogP contribution >= 0.6 is 22.7 Å². The Morgan fingerprint density at radius 2 is 2.00 bits per heavy atom. The maximum Gasteiger partial charge on any atom is 0.249 e. The van der Waals surface area contributed by atoms with Crippen LogP contribution in [0.3, 0.4) is 0 Å². The van der Waals surface area contributed by atoms with Gasteiger partial charge in [0.1, 0.15) is 5.01 Å². The highest BCUT2D eigenvalue weighted by Crippen LogP contribution is 2.24. The number of nitrogens with one attached hydrogen (secondary N) is 1. The fraction of sp³-hybridized carbons (Fsp3) is 0.143. The van der Waals surface area contributed by atoms with Gasteiger partial charge in [0.15, 0.2) is 9.34 Å². The van der Waals surface area contributed by atoms with Crippen molar-refractivity contribution >= 4 is 37.8 Å². The fourth-order valence-corrected chi connectivity index (χ4v) is 4.24. The molecule has 0 amide bonds. The Balaban J connectivity index is 1.57. The zero-order valence-electron chi connectivity index (χ0n) is 12.0. The van der Waals surface area contributed by atoms with Crippen molar-refractivity contribution < 1.29 is 8.42 Å². The van der Waals surface area contributed by atoms with E-state index in [2.05, 4.69) is 15.3 Å². The van der Waals surface area contributed by atoms with E-state index in [0.29, 0.717) is 11.7 Å². The molecule has 1 aromatic carbocycles. The number of sulfonamides is 1. The summed E-state index contributed by atoms with van der Waals surface area (Å²) in [6, 6.07) is 10.0. The highest BCUT2D eigenvalue weighted by Gasteiger charge is 2.12. The zero-order chi connectivity index (χ0) is 16.3. The minimum absolute atomic E-state index is 0.0556. The van der Waals surface area contributed by atoms with Crippen molar-refractivity contribution in [3.63, 3.8) is 0 Å². The second-order valence-corrected chi connectivity index (χ2v) is 8.39. The van der Waals surface area contributed by atoms with Gasteiger partial charge in [-0.2, -0.15) is 0 Å². The summed E-state index contributed by atoms with van der Waals surface area (Å²) in [5.74, 6) is 0. The molecule has 6 nitrogen and oxygen atoms in total. The number of benzene rings is 1. The molecule has 3 aromatic rings. The Hall–Kier alpha value is -1.81. The van der Waals surface area contributed by atoms with Gasteiger partial charge >= 0.3 is 0 Å². The van der Waals surface area contributed by atoms with E-state index in [0.717, 1.165) is 34.0 Å². The van der Waals surface area contributed by atoms with E-state index >= 15 is 0 Å². The van der Waals surface area contributed by atoms with Gasteiger partial charge in [0.2, 0.25) is 10.0 Å². The average Bonchev–Trinajstić information content (AvgIpc) is 3.17. The van der Waals surface area contributed by atoms with Crippen LogP contribution in [-0.4, -0.2) is 24.9 Å². The predicted molar refractivity (Wildman–Crippen MR) is 93.2 cm³/mol. The van der Waals surface area contributed by atoms with E-state index in [1.807, 2.05) is 35.7 Å². The molecular formula is C14H14N4O2S3. The Morgan fingerprint density at radius 1 is 1.22 bits per heavy atom. The minimum atomic E-state index is -3.68. The summed E-state index contributed by atoms with van der Waals surface area (Å²) in [7, 11) is -3.68. The van der Waals surface area contributed by atoms with Gasteiger partial charge in [-0.1, -0.05) is 41.7 Å². The SMILES string of the molecule is NS(=O)(=O)c1cnc(NCCc2csc(-c3ccccc3)n2)s1. The van der Waals surface area contributed by atoms with Gasteiger partial charge in [0, 0.05) is 23.9 Å². The lowest BCUT2D eigenvalue weighted by Gasteiger charge is -2.00. The summed E-state index contributed by atoms with van der Waals surface area (Å²) in [6.07, 6.45) is 1.99. The van der Waals surface area contributed by atoms with Crippen LogP contribution in [0.1, 0.15) is 5.69 Å². The third-order valence-corrected chi connectivity index (χ3v) is 6.30. The van der Waals surface area contributed by atoms with Gasteiger partial charge in [0.25, 0.3) is 0 Å². The number of anilines is 1. The first-order valence-electron chi connectivity index (χ1n) is 6.75. The van der Waals surface area contributed by atoms with Crippen molar-refractivity contribution in [3.05, 3.63) is 47.6 Å². The quantitative estimate of drug-likeness (QED) is 0.699. The highest BCUT2D eigenvalue weighted by molar-refractivity contribution is 7.91. The zero-order valence-corrected chi connectivity index (χ0v) is 14.4. The molecule has 23 heavy (non-hydrogen) atoms. The molecule has 3 N–H and O–H groups in total. The maximum atomic E-state index is 11.2. The standard InChI is InChI=1S/C14H14N4O2S3/c15-23(19,20)12-8-17-14(22-12)16-7-6-11-9-21-13(18-11)10-4-2-1-3-5-10/h1-5,8-9H,6-7H2,(H,16,17)(H2,15,19,20). The lowest BCUT2D eigenvalue weighted by Crippen LogP contribution is -2.10. The summed E-state index contributed by atoms with van der Waals surface area (Å²) in [5.41, 5.74) is 2.10. The molecule has 9 heteroatoms. The topological polar surface area (TPSA) is 98.0 Å². The fourth-order valence-electron chi connectivity index (χ4n) is 1.91. The van der Waals surface area contributed by atoms with E-state index in [1.54, 1.807) is 11.3 Å². The smallest absolute Gasteiger partial charge is 0.249 e. The highest BCUT2D eigenvalue weighted by atomic mass is 32.2. The van der Waals surface area contributed by atoms with Gasteiger partial charge in [-0.25, -0.2) is 23.5 Å². The Bertz CT molecular complexity index is 888. The molecule has 0 atom stereocenters. The first kappa shape index (κ1) is 16.1. The molecule has 3 rings (SSSR count). The van der Waals surface area contributed by atoms with Crippen LogP contribution in [0.2, 0.25) is 0 Å². The Kier molecular flexibility index (Phi) is 4.71. The van der Waals surface area contributed by atoms with Crippen LogP contribution in [0.4, 0.5) is 5.13 Å². The molecule has 120 valence electrons. The van der Waals surface area contributed by atoms with Crippen LogP contribution in [0, 0.1) is 0 Å². The van der Waals surface area contributed by atoms with Crippen LogP contribution in [0.5, 0.6) is 0 Å². The first-order valence-corrected chi connectivity index (χ1v) is 9.99. The van der Waals surface area contributed by atoms with Crippen molar-refractivity contribution in [2.24, 2.45) is 5.14 Å². The van der Waals surface area contributed by atoms with Gasteiger partial charge in [0.05, 0.1) is 11.9 Å². The first-order chi connectivity index (χ1) is 11.0. The number of primary sulfonamides is 1. The summed E-state index contributed by atoms with van der Waals surface area (Å²) >= 11 is 2.63. The third kappa shape index (κ3) is 4.14. The summed E-state index contributed by atoms with van der Waals surface area (Å²) in [4.78, 5) is 8.60. The predicted octanol–water partition coefficient (Wildman–Crippen LogP) is 2.57. The Labute approximate surface area is 142 Å². The van der Waals surface area contributed by atoms with E-state index in [4.69, 9.17) is 5.14 Å². The molecule has 0 aliphatic rings. The lowest BCUT2D eigenvalue weighted by atomic mass is 10.2. The molecule has 0 radical (unpaired) electrons. The summed E-state index contributed by atoms with van der Waals surface area (Å²) in [5, 5.41) is 11.7. The molecule has 0 bridgehead atoms. The van der Waals surface area contributed by atoms with Crippen LogP contribution in [0.25, 0.3) is 10.6 Å². The molecule has 0 aliphatic heterocycles. The van der Waals surface area contributed by atoms with E-state index < -0.39 is 10.0 Å². The van der Waals surface area contributed by atoms with Crippen LogP contribution in [-0.2, 0) is 16.4 Å². The summed E-state index contributed by atoms with van der Waals surface area (Å²) in [6.45, 7) is 0.621. The van der Waals surface area contributed by atoms with Crippen molar-refractivity contribution in [3.8, 4) is 10.6 Å². The molecule has 0 spiro atoms. The minimum Gasteiger partial charge on any atom is -0.361 e. The number of hydrogen-bond acceptors (Lipinski definition) is 7. The largest absolute Gasteiger partial charge is 0.361 e. The number of hydrogen-bond donors (Lipinski definition) is 2. The molecule has 2 heterocycles. The number of nitrogens with two attached hydrogens (primary N) is 1. The van der Waals surface area contributed by atoms with E-state index in [-0.39, 0.29) is 4.21 Å². The Morgan fingerprint density at radius 3 is 2.70 bits per heavy atom. The molecule has 0 unspecified atom stereocenters. The van der Waals surface area contributed by atoms with E-state index in [9.17, 15) is 8.42 Å². The van der Waals surface area contributed by atoms with Crippen LogP contribution < -0.4 is 10.5 Å². The van der Waals surface area contributed by atoms with Crippen molar-refractivity contribution in [2.75, 3.05) is 11.9 Å². The molecule has 0 fully saturated rings. The van der Waals surface area contributed by atoms with Gasteiger partial charge in [-0.15, -0.1) is 11.3 Å². The maximum absolute atomic E-state index is 11.2.